The van der Waals surface area contributed by atoms with Gasteiger partial charge in [0.1, 0.15) is 13.2 Å². The standard InChI is InChI=1S/C72H126O6/c1-4-7-10-13-16-19-21-23-25-27-29-31-33-35-36-38-39-41-43-45-47-49-51-53-56-59-62-65-71(74)77-68-69(67-76-70(73)64-61-58-55-18-15-12-9-6-3)78-72(75)66-63-60-57-54-52-50-48-46-44-42-40-37-34-32-30-28-26-24-22-20-17-14-11-8-5-2/h7,10,16,19,22-25,28-31,34,37,69H,4-6,8-9,11-15,17-18,20-21,26-27,32-33,35-36,38-68H2,1-3H3/b10-7-,19-16-,24-22-,25-23-,30-28-,31-29-,37-34-. The first-order valence-corrected chi connectivity index (χ1v) is 33.6. The highest BCUT2D eigenvalue weighted by Gasteiger charge is 2.19. The summed E-state index contributed by atoms with van der Waals surface area (Å²) in [6, 6.07) is 0. The van der Waals surface area contributed by atoms with Gasteiger partial charge >= 0.3 is 17.9 Å². The Morgan fingerprint density at radius 1 is 0.269 bits per heavy atom. The third kappa shape index (κ3) is 63.4. The van der Waals surface area contributed by atoms with Gasteiger partial charge in [0.05, 0.1) is 0 Å². The van der Waals surface area contributed by atoms with Crippen LogP contribution in [0, 0.1) is 0 Å². The van der Waals surface area contributed by atoms with Crippen molar-refractivity contribution < 1.29 is 28.6 Å². The monoisotopic (exact) mass is 1090 g/mol. The van der Waals surface area contributed by atoms with Crippen LogP contribution in [0.3, 0.4) is 0 Å². The van der Waals surface area contributed by atoms with Crippen LogP contribution in [0.2, 0.25) is 0 Å². The fraction of sp³-hybridized carbons (Fsp3) is 0.764. The SMILES string of the molecule is CC/C=C\C/C=C\C/C=C\C/C=C\CCCCCCCCCCCCCCCCC(=O)OCC(COC(=O)CCCCCCCCCC)OC(=O)CCCCCCCCCCCC/C=C\C/C=C\C/C=C\CCCCCCC. The molecule has 78 heavy (non-hydrogen) atoms. The van der Waals surface area contributed by atoms with Gasteiger partial charge in [0.25, 0.3) is 0 Å². The highest BCUT2D eigenvalue weighted by atomic mass is 16.6. The number of esters is 3. The predicted molar refractivity (Wildman–Crippen MR) is 339 cm³/mol. The van der Waals surface area contributed by atoms with Crippen LogP contribution < -0.4 is 0 Å². The summed E-state index contributed by atoms with van der Waals surface area (Å²) in [6.07, 6.45) is 87.6. The average Bonchev–Trinajstić information content (AvgIpc) is 3.44. The van der Waals surface area contributed by atoms with Crippen molar-refractivity contribution in [1.29, 1.82) is 0 Å². The van der Waals surface area contributed by atoms with E-state index in [2.05, 4.69) is 106 Å². The molecule has 0 aromatic rings. The van der Waals surface area contributed by atoms with Gasteiger partial charge in [-0.1, -0.05) is 305 Å². The smallest absolute Gasteiger partial charge is 0.306 e. The van der Waals surface area contributed by atoms with Gasteiger partial charge in [0.15, 0.2) is 6.10 Å². The number of rotatable bonds is 61. The maximum Gasteiger partial charge on any atom is 0.306 e. The zero-order valence-electron chi connectivity index (χ0n) is 51.7. The Balaban J connectivity index is 4.14. The van der Waals surface area contributed by atoms with Crippen molar-refractivity contribution in [2.75, 3.05) is 13.2 Å². The molecule has 0 radical (unpaired) electrons. The van der Waals surface area contributed by atoms with E-state index < -0.39 is 6.10 Å². The Morgan fingerprint density at radius 3 is 0.782 bits per heavy atom. The van der Waals surface area contributed by atoms with E-state index in [1.165, 1.54) is 199 Å². The van der Waals surface area contributed by atoms with Crippen LogP contribution in [0.4, 0.5) is 0 Å². The minimum absolute atomic E-state index is 0.0748. The van der Waals surface area contributed by atoms with Crippen molar-refractivity contribution >= 4 is 17.9 Å². The van der Waals surface area contributed by atoms with Gasteiger partial charge in [0, 0.05) is 19.3 Å². The lowest BCUT2D eigenvalue weighted by Gasteiger charge is -2.18. The van der Waals surface area contributed by atoms with E-state index in [1.54, 1.807) is 0 Å². The van der Waals surface area contributed by atoms with E-state index in [0.29, 0.717) is 19.3 Å². The van der Waals surface area contributed by atoms with E-state index >= 15 is 0 Å². The van der Waals surface area contributed by atoms with Gasteiger partial charge in [-0.15, -0.1) is 0 Å². The summed E-state index contributed by atoms with van der Waals surface area (Å²) in [6.45, 7) is 6.52. The second-order valence-electron chi connectivity index (χ2n) is 22.4. The lowest BCUT2D eigenvalue weighted by Crippen LogP contribution is -2.30. The Bertz CT molecular complexity index is 1480. The molecule has 0 bridgehead atoms. The first-order chi connectivity index (χ1) is 38.5. The fourth-order valence-corrected chi connectivity index (χ4v) is 9.62. The average molecular weight is 1090 g/mol. The van der Waals surface area contributed by atoms with Crippen LogP contribution in [0.15, 0.2) is 85.1 Å². The maximum atomic E-state index is 12.9. The molecule has 1 unspecified atom stereocenters. The van der Waals surface area contributed by atoms with E-state index in [9.17, 15) is 14.4 Å². The summed E-state index contributed by atoms with van der Waals surface area (Å²) in [5, 5.41) is 0. The first-order valence-electron chi connectivity index (χ1n) is 33.6. The number of carbonyl (C=O) groups is 3. The van der Waals surface area contributed by atoms with Crippen LogP contribution in [0.25, 0.3) is 0 Å². The summed E-state index contributed by atoms with van der Waals surface area (Å²) in [4.78, 5) is 38.2. The van der Waals surface area contributed by atoms with Crippen molar-refractivity contribution in [3.05, 3.63) is 85.1 Å². The van der Waals surface area contributed by atoms with Crippen LogP contribution in [-0.4, -0.2) is 37.2 Å². The van der Waals surface area contributed by atoms with Crippen LogP contribution in [0.1, 0.15) is 335 Å². The fourth-order valence-electron chi connectivity index (χ4n) is 9.62. The topological polar surface area (TPSA) is 78.9 Å². The Labute approximate surface area is 484 Å². The van der Waals surface area contributed by atoms with E-state index in [4.69, 9.17) is 14.2 Å². The van der Waals surface area contributed by atoms with Crippen molar-refractivity contribution in [1.82, 2.24) is 0 Å². The number of ether oxygens (including phenoxy) is 3. The molecule has 0 amide bonds. The number of carbonyl (C=O) groups excluding carboxylic acids is 3. The Hall–Kier alpha value is -3.41. The van der Waals surface area contributed by atoms with Crippen LogP contribution in [0.5, 0.6) is 0 Å². The Morgan fingerprint density at radius 2 is 0.500 bits per heavy atom. The van der Waals surface area contributed by atoms with Crippen molar-refractivity contribution in [2.45, 2.75) is 341 Å². The first kappa shape index (κ1) is 74.6. The zero-order valence-corrected chi connectivity index (χ0v) is 51.7. The van der Waals surface area contributed by atoms with Crippen molar-refractivity contribution in [3.8, 4) is 0 Å². The van der Waals surface area contributed by atoms with Gasteiger partial charge in [0.2, 0.25) is 0 Å². The van der Waals surface area contributed by atoms with Crippen LogP contribution >= 0.6 is 0 Å². The summed E-state index contributed by atoms with van der Waals surface area (Å²) in [5.41, 5.74) is 0. The molecule has 0 aliphatic rings. The number of allylic oxidation sites excluding steroid dienone is 14. The zero-order chi connectivity index (χ0) is 56.4. The molecule has 0 heterocycles. The third-order valence-corrected chi connectivity index (χ3v) is 14.6. The summed E-state index contributed by atoms with van der Waals surface area (Å²) in [7, 11) is 0. The lowest BCUT2D eigenvalue weighted by atomic mass is 10.0. The molecule has 0 saturated carbocycles. The molecule has 0 aliphatic heterocycles. The third-order valence-electron chi connectivity index (χ3n) is 14.6. The normalized spacial score (nSPS) is 12.6. The van der Waals surface area contributed by atoms with Crippen LogP contribution in [-0.2, 0) is 28.6 Å². The highest BCUT2D eigenvalue weighted by molar-refractivity contribution is 5.71. The molecule has 0 saturated heterocycles. The van der Waals surface area contributed by atoms with Gasteiger partial charge in [-0.05, 0) is 96.3 Å². The molecule has 0 aliphatic carbocycles. The molecule has 6 nitrogen and oxygen atoms in total. The quantitative estimate of drug-likeness (QED) is 0.0261. The minimum atomic E-state index is -0.777. The highest BCUT2D eigenvalue weighted by Crippen LogP contribution is 2.17. The minimum Gasteiger partial charge on any atom is -0.462 e. The van der Waals surface area contributed by atoms with Crippen molar-refractivity contribution in [3.63, 3.8) is 0 Å². The van der Waals surface area contributed by atoms with E-state index in [1.807, 2.05) is 0 Å². The second-order valence-corrected chi connectivity index (χ2v) is 22.4. The largest absolute Gasteiger partial charge is 0.462 e. The molecule has 0 rings (SSSR count). The number of hydrogen-bond donors (Lipinski definition) is 0. The second kappa shape index (κ2) is 66.1. The van der Waals surface area contributed by atoms with E-state index in [-0.39, 0.29) is 31.1 Å². The van der Waals surface area contributed by atoms with Crippen molar-refractivity contribution in [2.24, 2.45) is 0 Å². The number of hydrogen-bond acceptors (Lipinski definition) is 6. The molecule has 1 atom stereocenters. The molecule has 0 aromatic heterocycles. The van der Waals surface area contributed by atoms with E-state index in [0.717, 1.165) is 96.3 Å². The molecular weight excluding hydrogens is 961 g/mol. The molecule has 0 fully saturated rings. The number of unbranched alkanes of at least 4 members (excludes halogenated alkanes) is 36. The predicted octanol–water partition coefficient (Wildman–Crippen LogP) is 23.1. The van der Waals surface area contributed by atoms with Gasteiger partial charge < -0.3 is 14.2 Å². The molecule has 450 valence electrons. The van der Waals surface area contributed by atoms with Gasteiger partial charge in [-0.25, -0.2) is 0 Å². The van der Waals surface area contributed by atoms with Gasteiger partial charge in [-0.2, -0.15) is 0 Å². The Kier molecular flexibility index (Phi) is 63.2. The summed E-state index contributed by atoms with van der Waals surface area (Å²) >= 11 is 0. The summed E-state index contributed by atoms with van der Waals surface area (Å²) < 4.78 is 16.9. The molecule has 0 aromatic carbocycles. The molecule has 0 spiro atoms. The lowest BCUT2D eigenvalue weighted by molar-refractivity contribution is -0.167. The van der Waals surface area contributed by atoms with Gasteiger partial charge in [-0.3, -0.25) is 14.4 Å². The molecule has 0 N–H and O–H groups in total. The molecular formula is C72H126O6. The maximum absolute atomic E-state index is 12.9. The summed E-state index contributed by atoms with van der Waals surface area (Å²) in [5.74, 6) is -0.870. The molecule has 6 heteroatoms.